The maximum atomic E-state index is 5.86. The molecule has 0 spiro atoms. The molecule has 0 radical (unpaired) electrons. The van der Waals surface area contributed by atoms with Gasteiger partial charge in [0.05, 0.1) is 5.39 Å². The van der Waals surface area contributed by atoms with Crippen LogP contribution in [0.1, 0.15) is 30.6 Å². The van der Waals surface area contributed by atoms with E-state index in [1.54, 1.807) is 17.7 Å². The van der Waals surface area contributed by atoms with Gasteiger partial charge in [-0.15, -0.1) is 22.9 Å². The second-order valence-corrected chi connectivity index (χ2v) is 6.71. The maximum absolute atomic E-state index is 5.86. The van der Waals surface area contributed by atoms with Crippen LogP contribution in [0.25, 0.3) is 10.2 Å². The molecule has 0 aliphatic heterocycles. The van der Waals surface area contributed by atoms with Crippen molar-refractivity contribution in [3.05, 3.63) is 17.3 Å². The number of rotatable bonds is 5. The standard InChI is InChI=1S/C14H18ClN3S/c1-10-8-12-13(16-9-17-14(12)19-10)18(7-3-6-15)11-4-2-5-11/h8-9,11H,2-7H2,1H3. The molecule has 0 atom stereocenters. The van der Waals surface area contributed by atoms with E-state index in [0.29, 0.717) is 11.9 Å². The Hall–Kier alpha value is -0.870. The van der Waals surface area contributed by atoms with Crippen LogP contribution in [0.5, 0.6) is 0 Å². The lowest BCUT2D eigenvalue weighted by Crippen LogP contribution is -2.41. The molecule has 1 fully saturated rings. The summed E-state index contributed by atoms with van der Waals surface area (Å²) in [5, 5.41) is 1.20. The fourth-order valence-electron chi connectivity index (χ4n) is 2.58. The summed E-state index contributed by atoms with van der Waals surface area (Å²) < 4.78 is 0. The van der Waals surface area contributed by atoms with Gasteiger partial charge in [0, 0.05) is 23.3 Å². The number of nitrogens with zero attached hydrogens (tertiary/aromatic N) is 3. The Kier molecular flexibility index (Phi) is 3.89. The van der Waals surface area contributed by atoms with Gasteiger partial charge >= 0.3 is 0 Å². The van der Waals surface area contributed by atoms with Gasteiger partial charge in [0.15, 0.2) is 0 Å². The van der Waals surface area contributed by atoms with Gasteiger partial charge in [-0.2, -0.15) is 0 Å². The largest absolute Gasteiger partial charge is 0.353 e. The number of halogens is 1. The smallest absolute Gasteiger partial charge is 0.141 e. The second-order valence-electron chi connectivity index (χ2n) is 5.09. The third-order valence-corrected chi connectivity index (χ3v) is 4.98. The predicted molar refractivity (Wildman–Crippen MR) is 82.5 cm³/mol. The molecule has 5 heteroatoms. The van der Waals surface area contributed by atoms with Crippen LogP contribution in [-0.4, -0.2) is 28.4 Å². The van der Waals surface area contributed by atoms with E-state index in [1.807, 2.05) is 0 Å². The Balaban J connectivity index is 1.98. The molecule has 0 aromatic carbocycles. The molecule has 2 heterocycles. The first kappa shape index (κ1) is 13.1. The highest BCUT2D eigenvalue weighted by molar-refractivity contribution is 7.18. The van der Waals surface area contributed by atoms with Gasteiger partial charge < -0.3 is 4.90 Å². The Morgan fingerprint density at radius 3 is 2.95 bits per heavy atom. The minimum Gasteiger partial charge on any atom is -0.353 e. The summed E-state index contributed by atoms with van der Waals surface area (Å²) in [5.41, 5.74) is 0. The molecule has 0 bridgehead atoms. The van der Waals surface area contributed by atoms with Crippen LogP contribution in [0.4, 0.5) is 5.82 Å². The van der Waals surface area contributed by atoms with Crippen LogP contribution in [0.3, 0.4) is 0 Å². The summed E-state index contributed by atoms with van der Waals surface area (Å²) >= 11 is 7.60. The fourth-order valence-corrected chi connectivity index (χ4v) is 3.54. The third kappa shape index (κ3) is 2.56. The van der Waals surface area contributed by atoms with E-state index in [9.17, 15) is 0 Å². The highest BCUT2D eigenvalue weighted by Gasteiger charge is 2.27. The van der Waals surface area contributed by atoms with Gasteiger partial charge in [0.2, 0.25) is 0 Å². The van der Waals surface area contributed by atoms with Gasteiger partial charge in [-0.05, 0) is 38.7 Å². The second kappa shape index (κ2) is 5.63. The first-order valence-electron chi connectivity index (χ1n) is 6.83. The van der Waals surface area contributed by atoms with E-state index in [2.05, 4.69) is 27.9 Å². The molecule has 3 rings (SSSR count). The Bertz CT molecular complexity index is 565. The summed E-state index contributed by atoms with van der Waals surface area (Å²) in [6.07, 6.45) is 6.58. The minimum atomic E-state index is 0.640. The number of hydrogen-bond donors (Lipinski definition) is 0. The maximum Gasteiger partial charge on any atom is 0.141 e. The summed E-state index contributed by atoms with van der Waals surface area (Å²) in [7, 11) is 0. The number of hydrogen-bond acceptors (Lipinski definition) is 4. The van der Waals surface area contributed by atoms with Crippen LogP contribution in [0.15, 0.2) is 12.4 Å². The summed E-state index contributed by atoms with van der Waals surface area (Å²) in [6.45, 7) is 3.12. The molecular formula is C14H18ClN3S. The van der Waals surface area contributed by atoms with Crippen molar-refractivity contribution in [1.29, 1.82) is 0 Å². The molecule has 2 aromatic heterocycles. The van der Waals surface area contributed by atoms with E-state index in [1.165, 1.54) is 29.5 Å². The summed E-state index contributed by atoms with van der Waals surface area (Å²) in [6, 6.07) is 2.85. The van der Waals surface area contributed by atoms with Gasteiger partial charge in [-0.3, -0.25) is 0 Å². The van der Waals surface area contributed by atoms with Gasteiger partial charge in [-0.1, -0.05) is 0 Å². The molecule has 1 aliphatic carbocycles. The van der Waals surface area contributed by atoms with Gasteiger partial charge in [0.25, 0.3) is 0 Å². The zero-order chi connectivity index (χ0) is 13.2. The number of anilines is 1. The Morgan fingerprint density at radius 1 is 1.42 bits per heavy atom. The monoisotopic (exact) mass is 295 g/mol. The molecule has 0 unspecified atom stereocenters. The van der Waals surface area contributed by atoms with Gasteiger partial charge in [-0.25, -0.2) is 9.97 Å². The molecular weight excluding hydrogens is 278 g/mol. The van der Waals surface area contributed by atoms with Crippen LogP contribution in [-0.2, 0) is 0 Å². The van der Waals surface area contributed by atoms with Crippen molar-refractivity contribution in [3.63, 3.8) is 0 Å². The molecule has 1 aliphatic rings. The zero-order valence-corrected chi connectivity index (χ0v) is 12.7. The van der Waals surface area contributed by atoms with Crippen molar-refractivity contribution in [2.75, 3.05) is 17.3 Å². The van der Waals surface area contributed by atoms with Crippen molar-refractivity contribution in [1.82, 2.24) is 9.97 Å². The first-order chi connectivity index (χ1) is 9.29. The molecule has 0 amide bonds. The molecule has 0 N–H and O–H groups in total. The van der Waals surface area contributed by atoms with Crippen molar-refractivity contribution in [2.45, 2.75) is 38.6 Å². The third-order valence-electron chi connectivity index (χ3n) is 3.75. The van der Waals surface area contributed by atoms with Crippen molar-refractivity contribution < 1.29 is 0 Å². The molecule has 0 saturated heterocycles. The van der Waals surface area contributed by atoms with Crippen molar-refractivity contribution in [2.24, 2.45) is 0 Å². The highest BCUT2D eigenvalue weighted by Crippen LogP contribution is 2.34. The lowest BCUT2D eigenvalue weighted by molar-refractivity contribution is 0.384. The lowest BCUT2D eigenvalue weighted by Gasteiger charge is -2.38. The Morgan fingerprint density at radius 2 is 2.26 bits per heavy atom. The van der Waals surface area contributed by atoms with Crippen LogP contribution < -0.4 is 4.90 Å². The molecule has 1 saturated carbocycles. The zero-order valence-electron chi connectivity index (χ0n) is 11.1. The molecule has 2 aromatic rings. The fraction of sp³-hybridized carbons (Fsp3) is 0.571. The van der Waals surface area contributed by atoms with Crippen LogP contribution in [0.2, 0.25) is 0 Å². The number of thiophene rings is 1. The molecule has 3 nitrogen and oxygen atoms in total. The van der Waals surface area contributed by atoms with E-state index < -0.39 is 0 Å². The molecule has 19 heavy (non-hydrogen) atoms. The number of fused-ring (bicyclic) bond motifs is 1. The highest BCUT2D eigenvalue weighted by atomic mass is 35.5. The van der Waals surface area contributed by atoms with E-state index >= 15 is 0 Å². The van der Waals surface area contributed by atoms with Crippen LogP contribution >= 0.6 is 22.9 Å². The summed E-state index contributed by atoms with van der Waals surface area (Å²) in [5.74, 6) is 1.81. The normalized spacial score (nSPS) is 15.7. The molecule has 102 valence electrons. The van der Waals surface area contributed by atoms with Crippen molar-refractivity contribution in [3.8, 4) is 0 Å². The van der Waals surface area contributed by atoms with Crippen molar-refractivity contribution >= 4 is 39.0 Å². The summed E-state index contributed by atoms with van der Waals surface area (Å²) in [4.78, 5) is 13.8. The quantitative estimate of drug-likeness (QED) is 0.781. The topological polar surface area (TPSA) is 29.0 Å². The number of alkyl halides is 1. The van der Waals surface area contributed by atoms with Gasteiger partial charge in [0.1, 0.15) is 17.0 Å². The van der Waals surface area contributed by atoms with E-state index in [4.69, 9.17) is 11.6 Å². The van der Waals surface area contributed by atoms with E-state index in [-0.39, 0.29) is 0 Å². The minimum absolute atomic E-state index is 0.640. The average molecular weight is 296 g/mol. The van der Waals surface area contributed by atoms with E-state index in [0.717, 1.165) is 23.6 Å². The lowest BCUT2D eigenvalue weighted by atomic mass is 9.91. The Labute approximate surface area is 122 Å². The SMILES string of the molecule is Cc1cc2c(N(CCCCl)C3CCC3)ncnc2s1. The number of aromatic nitrogens is 2. The predicted octanol–water partition coefficient (Wildman–Crippen LogP) is 3.99. The van der Waals surface area contributed by atoms with Crippen LogP contribution in [0, 0.1) is 6.92 Å². The average Bonchev–Trinajstić information content (AvgIpc) is 2.72. The number of aryl methyl sites for hydroxylation is 1. The first-order valence-corrected chi connectivity index (χ1v) is 8.18.